The van der Waals surface area contributed by atoms with Crippen LogP contribution in [0.4, 0.5) is 0 Å². The molecule has 2 aromatic rings. The first-order chi connectivity index (χ1) is 14.3. The monoisotopic (exact) mass is 384 g/mol. The predicted octanol–water partition coefficient (Wildman–Crippen LogP) is 4.74. The van der Waals surface area contributed by atoms with Gasteiger partial charge in [-0.1, -0.05) is 61.4 Å². The zero-order valence-electron chi connectivity index (χ0n) is 16.4. The Morgan fingerprint density at radius 2 is 1.17 bits per heavy atom. The Balaban J connectivity index is 1.27. The number of benzene rings is 2. The number of fused-ring (bicyclic) bond motifs is 6. The highest BCUT2D eigenvalue weighted by molar-refractivity contribution is 6.07. The summed E-state index contributed by atoms with van der Waals surface area (Å²) in [5, 5.41) is 0. The van der Waals surface area contributed by atoms with Crippen LogP contribution in [-0.4, -0.2) is 24.0 Å². The molecule has 0 N–H and O–H groups in total. The Labute approximate surface area is 170 Å². The Morgan fingerprint density at radius 3 is 1.69 bits per heavy atom. The van der Waals surface area contributed by atoms with Crippen molar-refractivity contribution < 1.29 is 9.47 Å². The quantitative estimate of drug-likeness (QED) is 0.751. The maximum absolute atomic E-state index is 6.55. The molecular formula is C25H24N2O2. The van der Waals surface area contributed by atoms with Crippen LogP contribution in [0.1, 0.15) is 60.0 Å². The minimum atomic E-state index is -0.251. The number of hydrogen-bond donors (Lipinski definition) is 0. The SMILES string of the molecule is c1ccc2c(c1)C[C@@H]1OC(C3(C4=N[C@H]5c6ccccc6C[C@@H]5O4)CCCC3)=N[C@H]21. The van der Waals surface area contributed by atoms with E-state index in [1.807, 2.05) is 0 Å². The lowest BCUT2D eigenvalue weighted by Crippen LogP contribution is -2.39. The number of rotatable bonds is 2. The van der Waals surface area contributed by atoms with Gasteiger partial charge in [-0.25, -0.2) is 9.98 Å². The van der Waals surface area contributed by atoms with Crippen molar-refractivity contribution in [3.05, 3.63) is 70.8 Å². The van der Waals surface area contributed by atoms with Crippen molar-refractivity contribution >= 4 is 11.8 Å². The molecule has 5 aliphatic rings. The van der Waals surface area contributed by atoms with Crippen LogP contribution in [0.25, 0.3) is 0 Å². The Kier molecular flexibility index (Phi) is 3.19. The molecule has 7 rings (SSSR count). The molecule has 0 unspecified atom stereocenters. The summed E-state index contributed by atoms with van der Waals surface area (Å²) in [7, 11) is 0. The molecule has 0 bridgehead atoms. The molecule has 2 heterocycles. The average molecular weight is 384 g/mol. The van der Waals surface area contributed by atoms with Crippen LogP contribution in [0.15, 0.2) is 58.5 Å². The first-order valence-electron chi connectivity index (χ1n) is 11.0. The highest BCUT2D eigenvalue weighted by Crippen LogP contribution is 2.52. The molecule has 29 heavy (non-hydrogen) atoms. The fraction of sp³-hybridized carbons (Fsp3) is 0.440. The van der Waals surface area contributed by atoms with Gasteiger partial charge >= 0.3 is 0 Å². The predicted molar refractivity (Wildman–Crippen MR) is 111 cm³/mol. The molecule has 4 nitrogen and oxygen atoms in total. The average Bonchev–Trinajstić information content (AvgIpc) is 3.51. The lowest BCUT2D eigenvalue weighted by molar-refractivity contribution is 0.164. The second-order valence-electron chi connectivity index (χ2n) is 9.17. The van der Waals surface area contributed by atoms with Crippen LogP contribution in [0, 0.1) is 5.41 Å². The first-order valence-corrected chi connectivity index (χ1v) is 11.0. The molecule has 0 saturated heterocycles. The van der Waals surface area contributed by atoms with Crippen molar-refractivity contribution in [3.63, 3.8) is 0 Å². The van der Waals surface area contributed by atoms with Gasteiger partial charge < -0.3 is 9.47 Å². The molecule has 1 fully saturated rings. The Hall–Kier alpha value is -2.62. The Bertz CT molecular complexity index is 986. The molecule has 2 aliphatic heterocycles. The lowest BCUT2D eigenvalue weighted by Gasteiger charge is -2.29. The van der Waals surface area contributed by atoms with E-state index < -0.39 is 0 Å². The van der Waals surface area contributed by atoms with Gasteiger partial charge in [-0.15, -0.1) is 0 Å². The molecule has 2 aromatic carbocycles. The van der Waals surface area contributed by atoms with Gasteiger partial charge in [-0.05, 0) is 35.1 Å². The summed E-state index contributed by atoms with van der Waals surface area (Å²) in [4.78, 5) is 10.3. The third kappa shape index (κ3) is 2.15. The van der Waals surface area contributed by atoms with E-state index in [2.05, 4.69) is 48.5 Å². The lowest BCUT2D eigenvalue weighted by atomic mass is 9.85. The van der Waals surface area contributed by atoms with Crippen LogP contribution < -0.4 is 0 Å². The summed E-state index contributed by atoms with van der Waals surface area (Å²) < 4.78 is 13.1. The Morgan fingerprint density at radius 1 is 0.690 bits per heavy atom. The zero-order chi connectivity index (χ0) is 19.0. The summed E-state index contributed by atoms with van der Waals surface area (Å²) in [6, 6.07) is 17.6. The summed E-state index contributed by atoms with van der Waals surface area (Å²) in [6.45, 7) is 0. The second kappa shape index (κ2) is 5.71. The molecule has 3 aliphatic carbocycles. The molecule has 0 amide bonds. The van der Waals surface area contributed by atoms with Gasteiger partial charge in [0, 0.05) is 12.8 Å². The summed E-state index contributed by atoms with van der Waals surface area (Å²) >= 11 is 0. The molecule has 0 spiro atoms. The molecule has 4 atom stereocenters. The van der Waals surface area contributed by atoms with E-state index in [4.69, 9.17) is 19.5 Å². The standard InChI is InChI=1S/C25H24N2O2/c1-3-9-17-15(7-1)13-19-21(17)26-23(28-19)25(11-5-6-12-25)24-27-22-18-10-4-2-8-16(18)14-20(22)29-24/h1-4,7-10,19-22H,5-6,11-14H2/t19-,20-,21-,22+/m0/s1. The summed E-state index contributed by atoms with van der Waals surface area (Å²) in [6.07, 6.45) is 6.63. The number of ether oxygens (including phenoxy) is 2. The van der Waals surface area contributed by atoms with Gasteiger partial charge in [0.15, 0.2) is 11.8 Å². The highest BCUT2D eigenvalue weighted by Gasteiger charge is 2.55. The first kappa shape index (κ1) is 16.2. The minimum absolute atomic E-state index is 0.140. The second-order valence-corrected chi connectivity index (χ2v) is 9.17. The van der Waals surface area contributed by atoms with E-state index in [-0.39, 0.29) is 29.7 Å². The minimum Gasteiger partial charge on any atom is -0.474 e. The van der Waals surface area contributed by atoms with E-state index >= 15 is 0 Å². The molecule has 0 radical (unpaired) electrons. The normalized spacial score (nSPS) is 32.6. The fourth-order valence-electron chi connectivity index (χ4n) is 6.16. The fourth-order valence-corrected chi connectivity index (χ4v) is 6.16. The van der Waals surface area contributed by atoms with Gasteiger partial charge in [-0.3, -0.25) is 0 Å². The largest absolute Gasteiger partial charge is 0.474 e. The molecule has 146 valence electrons. The maximum atomic E-state index is 6.55. The van der Waals surface area contributed by atoms with E-state index in [0.717, 1.165) is 37.5 Å². The van der Waals surface area contributed by atoms with Gasteiger partial charge in [0.05, 0.1) is 0 Å². The van der Waals surface area contributed by atoms with Crippen molar-refractivity contribution in [1.29, 1.82) is 0 Å². The van der Waals surface area contributed by atoms with E-state index in [1.165, 1.54) is 35.1 Å². The summed E-state index contributed by atoms with van der Waals surface area (Å²) in [5.41, 5.74) is 5.18. The zero-order valence-corrected chi connectivity index (χ0v) is 16.4. The van der Waals surface area contributed by atoms with E-state index in [9.17, 15) is 0 Å². The van der Waals surface area contributed by atoms with Crippen LogP contribution in [0.5, 0.6) is 0 Å². The molecule has 1 saturated carbocycles. The topological polar surface area (TPSA) is 43.2 Å². The van der Waals surface area contributed by atoms with Crippen molar-refractivity contribution in [3.8, 4) is 0 Å². The molecular weight excluding hydrogens is 360 g/mol. The van der Waals surface area contributed by atoms with Gasteiger partial charge in [0.25, 0.3) is 0 Å². The maximum Gasteiger partial charge on any atom is 0.200 e. The van der Waals surface area contributed by atoms with Crippen LogP contribution >= 0.6 is 0 Å². The van der Waals surface area contributed by atoms with Crippen LogP contribution in [0.2, 0.25) is 0 Å². The van der Waals surface area contributed by atoms with Crippen molar-refractivity contribution in [2.45, 2.75) is 62.8 Å². The van der Waals surface area contributed by atoms with Gasteiger partial charge in [0.2, 0.25) is 0 Å². The van der Waals surface area contributed by atoms with Crippen molar-refractivity contribution in [2.75, 3.05) is 0 Å². The highest BCUT2D eigenvalue weighted by atomic mass is 16.5. The van der Waals surface area contributed by atoms with Crippen LogP contribution in [0.3, 0.4) is 0 Å². The third-order valence-corrected chi connectivity index (χ3v) is 7.61. The van der Waals surface area contributed by atoms with Gasteiger partial charge in [0.1, 0.15) is 29.7 Å². The van der Waals surface area contributed by atoms with E-state index in [1.54, 1.807) is 0 Å². The number of aliphatic imine (C=N–C) groups is 2. The third-order valence-electron chi connectivity index (χ3n) is 7.61. The number of hydrogen-bond acceptors (Lipinski definition) is 4. The van der Waals surface area contributed by atoms with E-state index in [0.29, 0.717) is 0 Å². The van der Waals surface area contributed by atoms with Crippen molar-refractivity contribution in [2.24, 2.45) is 15.4 Å². The van der Waals surface area contributed by atoms with Gasteiger partial charge in [-0.2, -0.15) is 0 Å². The molecule has 4 heteroatoms. The van der Waals surface area contributed by atoms with Crippen LogP contribution in [-0.2, 0) is 22.3 Å². The summed E-state index contributed by atoms with van der Waals surface area (Å²) in [5.74, 6) is 1.79. The smallest absolute Gasteiger partial charge is 0.200 e. The number of nitrogens with zero attached hydrogens (tertiary/aromatic N) is 2. The molecule has 0 aromatic heterocycles. The van der Waals surface area contributed by atoms with Crippen molar-refractivity contribution in [1.82, 2.24) is 0 Å².